The molecule has 182 valence electrons. The van der Waals surface area contributed by atoms with Crippen molar-refractivity contribution >= 4 is 45.0 Å². The van der Waals surface area contributed by atoms with Crippen molar-refractivity contribution < 1.29 is 14.3 Å². The highest BCUT2D eigenvalue weighted by Gasteiger charge is 2.36. The van der Waals surface area contributed by atoms with E-state index in [0.717, 1.165) is 63.5 Å². The van der Waals surface area contributed by atoms with Crippen LogP contribution in [-0.2, 0) is 6.54 Å². The largest absolute Gasteiger partial charge is 0.488 e. The van der Waals surface area contributed by atoms with Crippen molar-refractivity contribution in [3.05, 3.63) is 75.5 Å². The number of thiophene rings is 1. The van der Waals surface area contributed by atoms with Gasteiger partial charge in [0.05, 0.1) is 27.9 Å². The molecule has 1 atom stereocenters. The van der Waals surface area contributed by atoms with Crippen molar-refractivity contribution in [2.45, 2.75) is 32.4 Å². The van der Waals surface area contributed by atoms with Gasteiger partial charge < -0.3 is 10.1 Å². The highest BCUT2D eigenvalue weighted by atomic mass is 35.5. The number of halogens is 1. The normalized spacial score (nSPS) is 17.6. The van der Waals surface area contributed by atoms with Crippen molar-refractivity contribution in [3.63, 3.8) is 0 Å². The number of nitrogens with one attached hydrogen (secondary N) is 1. The number of aryl methyl sites for hydroxylation is 1. The number of ether oxygens (including phenoxy) is 1. The van der Waals surface area contributed by atoms with Crippen LogP contribution in [-0.4, -0.2) is 45.9 Å². The van der Waals surface area contributed by atoms with Gasteiger partial charge in [-0.05, 0) is 62.2 Å². The number of hydrogen-bond acceptors (Lipinski definition) is 7. The first-order valence-corrected chi connectivity index (χ1v) is 13.0. The monoisotopic (exact) mass is 518 g/mol. The molecule has 0 saturated carbocycles. The van der Waals surface area contributed by atoms with Gasteiger partial charge in [-0.2, -0.15) is 0 Å². The average Bonchev–Trinajstić information content (AvgIpc) is 3.41. The molecule has 6 rings (SSSR count). The van der Waals surface area contributed by atoms with Gasteiger partial charge in [0.25, 0.3) is 11.8 Å². The Labute approximate surface area is 217 Å². The molecule has 7 nitrogen and oxygen atoms in total. The molecular weight excluding hydrogens is 496 g/mol. The predicted octanol–water partition coefficient (Wildman–Crippen LogP) is 5.25. The van der Waals surface area contributed by atoms with Crippen LogP contribution in [0.25, 0.3) is 21.3 Å². The molecular formula is C27H23ClN4O3S. The van der Waals surface area contributed by atoms with Gasteiger partial charge in [0, 0.05) is 46.2 Å². The van der Waals surface area contributed by atoms with E-state index in [9.17, 15) is 9.59 Å². The smallest absolute Gasteiger partial charge is 0.263 e. The Morgan fingerprint density at radius 3 is 2.75 bits per heavy atom. The van der Waals surface area contributed by atoms with Crippen LogP contribution in [0, 0.1) is 6.92 Å². The molecule has 2 aliphatic heterocycles. The van der Waals surface area contributed by atoms with Gasteiger partial charge in [0.15, 0.2) is 0 Å². The van der Waals surface area contributed by atoms with Gasteiger partial charge in [0.2, 0.25) is 0 Å². The number of nitrogens with zero attached hydrogens (tertiary/aromatic N) is 3. The zero-order valence-corrected chi connectivity index (χ0v) is 21.2. The van der Waals surface area contributed by atoms with Crippen molar-refractivity contribution in [1.82, 2.24) is 20.2 Å². The standard InChI is InChI=1S/C27H23ClN4O3S/c1-15-9-16(28)10-21(24(15)35-17-3-2-6-29-12-17)19-5-8-31-23-11-18(36-25(19)23)14-32-26(33)20-4-7-30-13-22(20)27(32)34/h4-5,7-11,13,17,29H,2-3,6,12,14H2,1H3/t17-/m0/s1. The molecule has 0 spiro atoms. The number of rotatable bonds is 5. The van der Waals surface area contributed by atoms with Crippen LogP contribution in [0.1, 0.15) is 44.0 Å². The maximum Gasteiger partial charge on any atom is 0.263 e. The summed E-state index contributed by atoms with van der Waals surface area (Å²) >= 11 is 8.01. The minimum Gasteiger partial charge on any atom is -0.488 e. The molecule has 1 aromatic carbocycles. The topological polar surface area (TPSA) is 84.4 Å². The zero-order valence-electron chi connectivity index (χ0n) is 19.6. The van der Waals surface area contributed by atoms with Gasteiger partial charge >= 0.3 is 0 Å². The van der Waals surface area contributed by atoms with Gasteiger partial charge in [0.1, 0.15) is 11.9 Å². The summed E-state index contributed by atoms with van der Waals surface area (Å²) in [6, 6.07) is 9.35. The van der Waals surface area contributed by atoms with Crippen LogP contribution >= 0.6 is 22.9 Å². The van der Waals surface area contributed by atoms with Crippen LogP contribution < -0.4 is 10.1 Å². The molecule has 1 saturated heterocycles. The zero-order chi connectivity index (χ0) is 24.8. The Morgan fingerprint density at radius 2 is 1.94 bits per heavy atom. The lowest BCUT2D eigenvalue weighted by atomic mass is 10.0. The van der Waals surface area contributed by atoms with Crippen molar-refractivity contribution in [2.24, 2.45) is 0 Å². The fourth-order valence-electron chi connectivity index (χ4n) is 4.88. The molecule has 0 bridgehead atoms. The first-order chi connectivity index (χ1) is 17.5. The highest BCUT2D eigenvalue weighted by molar-refractivity contribution is 7.19. The first-order valence-electron chi connectivity index (χ1n) is 11.8. The lowest BCUT2D eigenvalue weighted by Crippen LogP contribution is -2.37. The number of aromatic nitrogens is 2. The maximum atomic E-state index is 12.9. The van der Waals surface area contributed by atoms with Crippen molar-refractivity contribution in [1.29, 1.82) is 0 Å². The van der Waals surface area contributed by atoms with Gasteiger partial charge in [-0.25, -0.2) is 0 Å². The van der Waals surface area contributed by atoms with E-state index in [1.807, 2.05) is 31.2 Å². The number of fused-ring (bicyclic) bond motifs is 2. The van der Waals surface area contributed by atoms with Crippen molar-refractivity contribution in [3.8, 4) is 16.9 Å². The third-order valence-electron chi connectivity index (χ3n) is 6.61. The lowest BCUT2D eigenvalue weighted by Gasteiger charge is -2.26. The third-order valence-corrected chi connectivity index (χ3v) is 7.98. The fraction of sp³-hybridized carbons (Fsp3) is 0.259. The summed E-state index contributed by atoms with van der Waals surface area (Å²) in [5, 5.41) is 4.04. The summed E-state index contributed by atoms with van der Waals surface area (Å²) in [4.78, 5) is 36.4. The molecule has 0 unspecified atom stereocenters. The number of carbonyl (C=O) groups is 2. The first kappa shape index (κ1) is 23.1. The van der Waals surface area contributed by atoms with E-state index in [0.29, 0.717) is 16.1 Å². The Bertz CT molecular complexity index is 1480. The van der Waals surface area contributed by atoms with Gasteiger partial charge in [-0.3, -0.25) is 24.5 Å². The Balaban J connectivity index is 1.37. The SMILES string of the molecule is Cc1cc(Cl)cc(-c2ccnc3cc(CN4C(=O)c5ccncc5C4=O)sc23)c1O[C@H]1CCCNC1. The number of imide groups is 1. The Kier molecular flexibility index (Phi) is 5.95. The Hall–Kier alpha value is -3.33. The summed E-state index contributed by atoms with van der Waals surface area (Å²) in [5.74, 6) is 0.199. The summed E-state index contributed by atoms with van der Waals surface area (Å²) < 4.78 is 7.47. The van der Waals surface area contributed by atoms with E-state index in [4.69, 9.17) is 16.3 Å². The highest BCUT2D eigenvalue weighted by Crippen LogP contribution is 2.42. The van der Waals surface area contributed by atoms with Gasteiger partial charge in [-0.15, -0.1) is 11.3 Å². The van der Waals surface area contributed by atoms with Crippen LogP contribution in [0.2, 0.25) is 5.02 Å². The van der Waals surface area contributed by atoms with Crippen molar-refractivity contribution in [2.75, 3.05) is 13.1 Å². The van der Waals surface area contributed by atoms with Crippen LogP contribution in [0.4, 0.5) is 0 Å². The molecule has 36 heavy (non-hydrogen) atoms. The van der Waals surface area contributed by atoms with E-state index in [1.54, 1.807) is 12.3 Å². The fourth-order valence-corrected chi connectivity index (χ4v) is 6.29. The summed E-state index contributed by atoms with van der Waals surface area (Å²) in [7, 11) is 0. The van der Waals surface area contributed by atoms with Gasteiger partial charge in [-0.1, -0.05) is 11.6 Å². The van der Waals surface area contributed by atoms with E-state index >= 15 is 0 Å². The molecule has 4 aromatic rings. The predicted molar refractivity (Wildman–Crippen MR) is 140 cm³/mol. The molecule has 2 aliphatic rings. The second kappa shape index (κ2) is 9.28. The molecule has 0 radical (unpaired) electrons. The number of hydrogen-bond donors (Lipinski definition) is 1. The number of benzene rings is 1. The molecule has 0 aliphatic carbocycles. The van der Waals surface area contributed by atoms with E-state index in [1.165, 1.54) is 28.6 Å². The Morgan fingerprint density at radius 1 is 1.11 bits per heavy atom. The third kappa shape index (κ3) is 4.05. The number of amides is 2. The second-order valence-electron chi connectivity index (χ2n) is 9.09. The number of pyridine rings is 2. The van der Waals surface area contributed by atoms with Crippen LogP contribution in [0.5, 0.6) is 5.75 Å². The molecule has 1 fully saturated rings. The van der Waals surface area contributed by atoms with Crippen LogP contribution in [0.15, 0.2) is 48.9 Å². The van der Waals surface area contributed by atoms with Crippen LogP contribution in [0.3, 0.4) is 0 Å². The molecule has 2 amide bonds. The summed E-state index contributed by atoms with van der Waals surface area (Å²) in [6.45, 7) is 4.01. The number of carbonyl (C=O) groups excluding carboxylic acids is 2. The van der Waals surface area contributed by atoms with E-state index in [-0.39, 0.29) is 24.5 Å². The summed E-state index contributed by atoms with van der Waals surface area (Å²) in [5.41, 5.74) is 4.39. The second-order valence-corrected chi connectivity index (χ2v) is 10.7. The molecule has 5 heterocycles. The molecule has 9 heteroatoms. The van der Waals surface area contributed by atoms with E-state index < -0.39 is 0 Å². The number of piperidine rings is 1. The lowest BCUT2D eigenvalue weighted by molar-refractivity contribution is 0.0644. The maximum absolute atomic E-state index is 12.9. The summed E-state index contributed by atoms with van der Waals surface area (Å²) in [6.07, 6.45) is 6.92. The molecule has 1 N–H and O–H groups in total. The minimum absolute atomic E-state index is 0.0944. The quantitative estimate of drug-likeness (QED) is 0.363. The minimum atomic E-state index is -0.323. The average molecular weight is 519 g/mol. The van der Waals surface area contributed by atoms with E-state index in [2.05, 4.69) is 15.3 Å². The molecule has 3 aromatic heterocycles.